The van der Waals surface area contributed by atoms with E-state index in [4.69, 9.17) is 4.74 Å². The van der Waals surface area contributed by atoms with Crippen LogP contribution in [0, 0.1) is 6.92 Å². The Hall–Kier alpha value is -0.520. The first kappa shape index (κ1) is 11.6. The lowest BCUT2D eigenvalue weighted by atomic mass is 10.00. The number of aryl methyl sites for hydroxylation is 1. The number of piperidine rings is 1. The number of rotatable bonds is 3. The standard InChI is InChI=1S/C12H19N3OS/c1-8-13-14-12(17-8)7-15-9-3-4-10(15)6-11(5-9)16-2/h9-11H,3-7H2,1-2H3. The second kappa shape index (κ2) is 4.63. The van der Waals surface area contributed by atoms with Crippen LogP contribution in [0.25, 0.3) is 0 Å². The summed E-state index contributed by atoms with van der Waals surface area (Å²) in [5.41, 5.74) is 0. The zero-order valence-electron chi connectivity index (χ0n) is 10.4. The largest absolute Gasteiger partial charge is 0.381 e. The Balaban J connectivity index is 1.69. The Morgan fingerprint density at radius 3 is 2.53 bits per heavy atom. The van der Waals surface area contributed by atoms with E-state index in [1.54, 1.807) is 11.3 Å². The van der Waals surface area contributed by atoms with Crippen LogP contribution in [-0.4, -0.2) is 40.4 Å². The summed E-state index contributed by atoms with van der Waals surface area (Å²) in [6, 6.07) is 1.39. The second-order valence-electron chi connectivity index (χ2n) is 5.10. The first-order valence-electron chi connectivity index (χ1n) is 6.34. The van der Waals surface area contributed by atoms with E-state index in [0.717, 1.165) is 16.6 Å². The average Bonchev–Trinajstić information content (AvgIpc) is 2.82. The van der Waals surface area contributed by atoms with Crippen molar-refractivity contribution < 1.29 is 4.74 Å². The van der Waals surface area contributed by atoms with Gasteiger partial charge in [-0.15, -0.1) is 21.5 Å². The molecule has 0 spiro atoms. The molecule has 2 bridgehead atoms. The maximum atomic E-state index is 5.52. The molecule has 0 aliphatic carbocycles. The van der Waals surface area contributed by atoms with Crippen molar-refractivity contribution >= 4 is 11.3 Å². The van der Waals surface area contributed by atoms with E-state index in [2.05, 4.69) is 15.1 Å². The summed E-state index contributed by atoms with van der Waals surface area (Å²) >= 11 is 1.72. The van der Waals surface area contributed by atoms with Gasteiger partial charge in [0.2, 0.25) is 0 Å². The van der Waals surface area contributed by atoms with Gasteiger partial charge in [0.15, 0.2) is 0 Å². The van der Waals surface area contributed by atoms with E-state index in [1.165, 1.54) is 25.7 Å². The van der Waals surface area contributed by atoms with Crippen LogP contribution in [0.3, 0.4) is 0 Å². The molecule has 0 N–H and O–H groups in total. The van der Waals surface area contributed by atoms with Crippen LogP contribution in [0.1, 0.15) is 35.7 Å². The molecule has 2 saturated heterocycles. The second-order valence-corrected chi connectivity index (χ2v) is 6.37. The third-order valence-corrected chi connectivity index (χ3v) is 4.88. The summed E-state index contributed by atoms with van der Waals surface area (Å²) < 4.78 is 5.52. The first-order chi connectivity index (χ1) is 8.26. The van der Waals surface area contributed by atoms with Gasteiger partial charge in [-0.2, -0.15) is 0 Å². The highest BCUT2D eigenvalue weighted by Crippen LogP contribution is 2.37. The van der Waals surface area contributed by atoms with Gasteiger partial charge < -0.3 is 4.74 Å². The molecule has 0 saturated carbocycles. The highest BCUT2D eigenvalue weighted by molar-refractivity contribution is 7.11. The van der Waals surface area contributed by atoms with Gasteiger partial charge in [-0.3, -0.25) is 4.90 Å². The average molecular weight is 253 g/mol. The van der Waals surface area contributed by atoms with Gasteiger partial charge in [0.05, 0.1) is 12.6 Å². The third kappa shape index (κ3) is 2.23. The summed E-state index contributed by atoms with van der Waals surface area (Å²) in [4.78, 5) is 2.62. The molecule has 94 valence electrons. The quantitative estimate of drug-likeness (QED) is 0.825. The van der Waals surface area contributed by atoms with Gasteiger partial charge in [-0.25, -0.2) is 0 Å². The minimum Gasteiger partial charge on any atom is -0.381 e. The molecule has 2 fully saturated rings. The maximum Gasteiger partial charge on any atom is 0.131 e. The number of hydrogen-bond donors (Lipinski definition) is 0. The maximum absolute atomic E-state index is 5.52. The van der Waals surface area contributed by atoms with E-state index in [0.29, 0.717) is 18.2 Å². The Morgan fingerprint density at radius 1 is 1.29 bits per heavy atom. The van der Waals surface area contributed by atoms with E-state index >= 15 is 0 Å². The molecule has 0 radical (unpaired) electrons. The fourth-order valence-electron chi connectivity index (χ4n) is 3.23. The summed E-state index contributed by atoms with van der Waals surface area (Å²) in [6.45, 7) is 3.00. The lowest BCUT2D eigenvalue weighted by Gasteiger charge is -2.37. The Bertz CT molecular complexity index is 381. The van der Waals surface area contributed by atoms with Crippen molar-refractivity contribution in [2.24, 2.45) is 0 Å². The molecule has 3 heterocycles. The van der Waals surface area contributed by atoms with Crippen molar-refractivity contribution in [2.75, 3.05) is 7.11 Å². The molecular formula is C12H19N3OS. The number of ether oxygens (including phenoxy) is 1. The minimum absolute atomic E-state index is 0.472. The van der Waals surface area contributed by atoms with Gasteiger partial charge in [0, 0.05) is 19.2 Å². The van der Waals surface area contributed by atoms with E-state index in [1.807, 2.05) is 14.0 Å². The summed E-state index contributed by atoms with van der Waals surface area (Å²) in [7, 11) is 1.84. The summed E-state index contributed by atoms with van der Waals surface area (Å²) in [6.07, 6.45) is 5.49. The third-order valence-electron chi connectivity index (χ3n) is 4.06. The summed E-state index contributed by atoms with van der Waals surface area (Å²) in [5, 5.41) is 10.6. The zero-order valence-corrected chi connectivity index (χ0v) is 11.2. The molecule has 2 atom stereocenters. The smallest absolute Gasteiger partial charge is 0.131 e. The molecule has 1 aromatic heterocycles. The van der Waals surface area contributed by atoms with Crippen molar-refractivity contribution in [3.8, 4) is 0 Å². The predicted octanol–water partition coefficient (Wildman–Crippen LogP) is 1.99. The van der Waals surface area contributed by atoms with E-state index < -0.39 is 0 Å². The fraction of sp³-hybridized carbons (Fsp3) is 0.833. The molecule has 2 aliphatic rings. The van der Waals surface area contributed by atoms with Crippen molar-refractivity contribution in [3.05, 3.63) is 10.0 Å². The number of methoxy groups -OCH3 is 1. The van der Waals surface area contributed by atoms with Crippen LogP contribution in [0.4, 0.5) is 0 Å². The van der Waals surface area contributed by atoms with Gasteiger partial charge in [0.1, 0.15) is 10.0 Å². The van der Waals surface area contributed by atoms with Crippen LogP contribution in [-0.2, 0) is 11.3 Å². The fourth-order valence-corrected chi connectivity index (χ4v) is 3.95. The molecule has 5 heteroatoms. The number of aromatic nitrogens is 2. The molecule has 1 aromatic rings. The van der Waals surface area contributed by atoms with E-state index in [9.17, 15) is 0 Å². The molecule has 0 aromatic carbocycles. The number of nitrogens with zero attached hydrogens (tertiary/aromatic N) is 3. The van der Waals surface area contributed by atoms with Crippen LogP contribution < -0.4 is 0 Å². The van der Waals surface area contributed by atoms with E-state index in [-0.39, 0.29) is 0 Å². The minimum atomic E-state index is 0.472. The Morgan fingerprint density at radius 2 is 2.00 bits per heavy atom. The SMILES string of the molecule is COC1CC2CCC(C1)N2Cc1nnc(C)s1. The van der Waals surface area contributed by atoms with Gasteiger partial charge in [0.25, 0.3) is 0 Å². The van der Waals surface area contributed by atoms with Crippen LogP contribution in [0.5, 0.6) is 0 Å². The summed E-state index contributed by atoms with van der Waals surface area (Å²) in [5.74, 6) is 0. The van der Waals surface area contributed by atoms with Crippen LogP contribution in [0.2, 0.25) is 0 Å². The highest BCUT2D eigenvalue weighted by Gasteiger charge is 2.40. The van der Waals surface area contributed by atoms with Gasteiger partial charge >= 0.3 is 0 Å². The monoisotopic (exact) mass is 253 g/mol. The van der Waals surface area contributed by atoms with Crippen molar-refractivity contribution in [1.82, 2.24) is 15.1 Å². The zero-order chi connectivity index (χ0) is 11.8. The normalized spacial score (nSPS) is 33.2. The van der Waals surface area contributed by atoms with Gasteiger partial charge in [-0.05, 0) is 32.6 Å². The molecule has 0 amide bonds. The van der Waals surface area contributed by atoms with Crippen molar-refractivity contribution in [1.29, 1.82) is 0 Å². The lowest BCUT2D eigenvalue weighted by molar-refractivity contribution is 0.00243. The molecule has 3 rings (SSSR count). The first-order valence-corrected chi connectivity index (χ1v) is 7.15. The number of fused-ring (bicyclic) bond motifs is 2. The molecular weight excluding hydrogens is 234 g/mol. The topological polar surface area (TPSA) is 38.2 Å². The van der Waals surface area contributed by atoms with Crippen molar-refractivity contribution in [2.45, 2.75) is 57.3 Å². The Labute approximate surface area is 106 Å². The predicted molar refractivity (Wildman–Crippen MR) is 67.0 cm³/mol. The lowest BCUT2D eigenvalue weighted by Crippen LogP contribution is -2.44. The molecule has 4 nitrogen and oxygen atoms in total. The Kier molecular flexibility index (Phi) is 3.15. The molecule has 17 heavy (non-hydrogen) atoms. The molecule has 2 aliphatic heterocycles. The van der Waals surface area contributed by atoms with Crippen molar-refractivity contribution in [3.63, 3.8) is 0 Å². The number of hydrogen-bond acceptors (Lipinski definition) is 5. The van der Waals surface area contributed by atoms with Gasteiger partial charge in [-0.1, -0.05) is 0 Å². The molecule has 2 unspecified atom stereocenters. The highest BCUT2D eigenvalue weighted by atomic mass is 32.1. The van der Waals surface area contributed by atoms with Crippen LogP contribution >= 0.6 is 11.3 Å². The van der Waals surface area contributed by atoms with Crippen LogP contribution in [0.15, 0.2) is 0 Å².